The van der Waals surface area contributed by atoms with Gasteiger partial charge < -0.3 is 6.42 Å². The average molecular weight is 247 g/mol. The second-order valence-corrected chi connectivity index (χ2v) is 2.27. The molecule has 0 saturated heterocycles. The normalized spacial score (nSPS) is 19.9. The Morgan fingerprint density at radius 2 is 1.89 bits per heavy atom. The number of nitriles is 1. The van der Waals surface area contributed by atoms with Crippen molar-refractivity contribution in [2.75, 3.05) is 0 Å². The third-order valence-corrected chi connectivity index (χ3v) is 1.62. The molecule has 1 saturated carbocycles. The van der Waals surface area contributed by atoms with Gasteiger partial charge in [-0.3, -0.25) is 0 Å². The third-order valence-electron chi connectivity index (χ3n) is 1.62. The molecule has 1 rings (SSSR count). The monoisotopic (exact) mass is 247 g/mol. The fourth-order valence-corrected chi connectivity index (χ4v) is 1.06. The zero-order chi connectivity index (χ0) is 5.82. The number of hydrogen-bond donors (Lipinski definition) is 0. The van der Waals surface area contributed by atoms with Crippen LogP contribution in [0.4, 0.5) is 0 Å². The first-order valence-corrected chi connectivity index (χ1v) is 3.15. The fourth-order valence-electron chi connectivity index (χ4n) is 1.06. The van der Waals surface area contributed by atoms with Crippen molar-refractivity contribution in [3.05, 3.63) is 6.42 Å². The number of rotatable bonds is 0. The Bertz CT molecular complexity index is 100.0. The van der Waals surface area contributed by atoms with Crippen molar-refractivity contribution in [1.29, 1.82) is 5.26 Å². The maximum atomic E-state index is 8.43. The molecule has 9 heavy (non-hydrogen) atoms. The molecule has 0 spiro atoms. The van der Waals surface area contributed by atoms with E-state index in [0.717, 1.165) is 25.7 Å². The van der Waals surface area contributed by atoms with E-state index in [1.807, 2.05) is 0 Å². The van der Waals surface area contributed by atoms with Crippen molar-refractivity contribution in [2.45, 2.75) is 25.7 Å². The number of hydrogen-bond acceptors (Lipinski definition) is 1. The molecule has 0 aromatic carbocycles. The minimum absolute atomic E-state index is 0. The standard InChI is InChI=1S/C7H10N.La/c8-6-7-4-2-1-3-5-7;/h1,7H,2-5H2;/q-1;. The van der Waals surface area contributed by atoms with Crippen molar-refractivity contribution in [3.63, 3.8) is 0 Å². The summed E-state index contributed by atoms with van der Waals surface area (Å²) in [5.41, 5.74) is 0. The van der Waals surface area contributed by atoms with Crippen molar-refractivity contribution >= 4 is 0 Å². The zero-order valence-corrected chi connectivity index (χ0v) is 9.13. The molecule has 2 heteroatoms. The largest absolute Gasteiger partial charge is 0.328 e. The molecule has 0 unspecified atom stereocenters. The van der Waals surface area contributed by atoms with Gasteiger partial charge in [0.1, 0.15) is 0 Å². The van der Waals surface area contributed by atoms with E-state index in [1.54, 1.807) is 0 Å². The Morgan fingerprint density at radius 1 is 1.33 bits per heavy atom. The van der Waals surface area contributed by atoms with Crippen LogP contribution >= 0.6 is 0 Å². The van der Waals surface area contributed by atoms with E-state index in [-0.39, 0.29) is 35.6 Å². The summed E-state index contributed by atoms with van der Waals surface area (Å²) in [4.78, 5) is 0. The van der Waals surface area contributed by atoms with Crippen LogP contribution in [0, 0.1) is 59.3 Å². The van der Waals surface area contributed by atoms with Crippen LogP contribution in [-0.4, -0.2) is 0 Å². The van der Waals surface area contributed by atoms with Gasteiger partial charge in [-0.1, -0.05) is 12.8 Å². The maximum Gasteiger partial charge on any atom is 0.0653 e. The second-order valence-electron chi connectivity index (χ2n) is 2.27. The van der Waals surface area contributed by atoms with Crippen molar-refractivity contribution in [1.82, 2.24) is 0 Å². The van der Waals surface area contributed by atoms with Crippen LogP contribution in [0.15, 0.2) is 0 Å². The van der Waals surface area contributed by atoms with Crippen LogP contribution in [0.3, 0.4) is 0 Å². The Balaban J connectivity index is 0.000000640. The summed E-state index contributed by atoms with van der Waals surface area (Å²) in [7, 11) is 0. The van der Waals surface area contributed by atoms with Crippen LogP contribution < -0.4 is 0 Å². The van der Waals surface area contributed by atoms with Crippen LogP contribution in [-0.2, 0) is 0 Å². The molecule has 1 radical (unpaired) electrons. The predicted octanol–water partition coefficient (Wildman–Crippen LogP) is 1.90. The van der Waals surface area contributed by atoms with E-state index >= 15 is 0 Å². The van der Waals surface area contributed by atoms with Gasteiger partial charge in [0.15, 0.2) is 0 Å². The van der Waals surface area contributed by atoms with Crippen LogP contribution in [0.1, 0.15) is 25.7 Å². The molecule has 0 aromatic rings. The number of nitrogens with zero attached hydrogens (tertiary/aromatic N) is 1. The summed E-state index contributed by atoms with van der Waals surface area (Å²) in [6, 6.07) is 2.28. The minimum Gasteiger partial charge on any atom is -0.328 e. The van der Waals surface area contributed by atoms with Gasteiger partial charge in [-0.15, -0.1) is 0 Å². The molecule has 0 amide bonds. The average Bonchev–Trinajstić information content (AvgIpc) is 1.90. The molecule has 0 bridgehead atoms. The van der Waals surface area contributed by atoms with Crippen LogP contribution in [0.5, 0.6) is 0 Å². The molecule has 1 aliphatic rings. The SMILES string of the molecule is N#CC1CC[CH-]CC1.[La]. The van der Waals surface area contributed by atoms with E-state index in [1.165, 1.54) is 0 Å². The predicted molar refractivity (Wildman–Crippen MR) is 31.9 cm³/mol. The minimum atomic E-state index is 0. The second kappa shape index (κ2) is 5.47. The van der Waals surface area contributed by atoms with Gasteiger partial charge in [-0.2, -0.15) is 18.1 Å². The third kappa shape index (κ3) is 3.40. The fraction of sp³-hybridized carbons (Fsp3) is 0.714. The molecule has 0 aliphatic heterocycles. The molecular formula is C7H10LaN-. The Kier molecular flexibility index (Phi) is 5.88. The smallest absolute Gasteiger partial charge is 0.0653 e. The van der Waals surface area contributed by atoms with Crippen LogP contribution in [0.2, 0.25) is 0 Å². The Morgan fingerprint density at radius 3 is 2.22 bits per heavy atom. The molecule has 0 atom stereocenters. The Hall–Kier alpha value is 0.685. The van der Waals surface area contributed by atoms with Gasteiger partial charge in [-0.25, -0.2) is 0 Å². The van der Waals surface area contributed by atoms with E-state index in [4.69, 9.17) is 5.26 Å². The van der Waals surface area contributed by atoms with E-state index in [9.17, 15) is 0 Å². The van der Waals surface area contributed by atoms with Crippen LogP contribution in [0.25, 0.3) is 0 Å². The van der Waals surface area contributed by atoms with Gasteiger partial charge in [0, 0.05) is 41.5 Å². The summed E-state index contributed by atoms with van der Waals surface area (Å²) >= 11 is 0. The molecule has 47 valence electrons. The van der Waals surface area contributed by atoms with Gasteiger partial charge >= 0.3 is 0 Å². The summed E-state index contributed by atoms with van der Waals surface area (Å²) in [6.07, 6.45) is 6.76. The molecule has 0 N–H and O–H groups in total. The van der Waals surface area contributed by atoms with Gasteiger partial charge in [0.2, 0.25) is 0 Å². The maximum absolute atomic E-state index is 8.43. The molecule has 0 heterocycles. The molecule has 0 aromatic heterocycles. The van der Waals surface area contributed by atoms with Gasteiger partial charge in [0.25, 0.3) is 0 Å². The van der Waals surface area contributed by atoms with E-state index in [0.29, 0.717) is 5.92 Å². The Labute approximate surface area is 84.4 Å². The first-order valence-electron chi connectivity index (χ1n) is 3.15. The van der Waals surface area contributed by atoms with Crippen molar-refractivity contribution in [2.24, 2.45) is 5.92 Å². The summed E-state index contributed by atoms with van der Waals surface area (Å²) in [5, 5.41) is 8.43. The zero-order valence-electron chi connectivity index (χ0n) is 5.51. The summed E-state index contributed by atoms with van der Waals surface area (Å²) in [6.45, 7) is 0. The van der Waals surface area contributed by atoms with E-state index < -0.39 is 0 Å². The summed E-state index contributed by atoms with van der Waals surface area (Å²) < 4.78 is 0. The topological polar surface area (TPSA) is 23.8 Å². The van der Waals surface area contributed by atoms with E-state index in [2.05, 4.69) is 12.5 Å². The molecule has 1 nitrogen and oxygen atoms in total. The molecule has 1 fully saturated rings. The van der Waals surface area contributed by atoms with Crippen molar-refractivity contribution < 1.29 is 35.6 Å². The molecular weight excluding hydrogens is 237 g/mol. The van der Waals surface area contributed by atoms with Crippen molar-refractivity contribution in [3.8, 4) is 6.07 Å². The van der Waals surface area contributed by atoms with Gasteiger partial charge in [-0.05, 0) is 0 Å². The first kappa shape index (κ1) is 9.68. The first-order chi connectivity index (χ1) is 3.93. The quantitative estimate of drug-likeness (QED) is 0.600. The molecule has 1 aliphatic carbocycles. The summed E-state index contributed by atoms with van der Waals surface area (Å²) in [5.74, 6) is 0.361. The van der Waals surface area contributed by atoms with Gasteiger partial charge in [0.05, 0.1) is 6.07 Å².